The molecule has 0 aliphatic rings. The predicted octanol–water partition coefficient (Wildman–Crippen LogP) is 2.04. The molecule has 4 nitrogen and oxygen atoms in total. The van der Waals surface area contributed by atoms with Gasteiger partial charge in [0.25, 0.3) is 0 Å². The average Bonchev–Trinajstić information content (AvgIpc) is 2.46. The first-order valence-electron chi connectivity index (χ1n) is 6.28. The zero-order valence-corrected chi connectivity index (χ0v) is 11.2. The van der Waals surface area contributed by atoms with Crippen LogP contribution in [0.25, 0.3) is 0 Å². The topological polar surface area (TPSA) is 86.2 Å². The highest BCUT2D eigenvalue weighted by Gasteiger charge is 2.12. The van der Waals surface area contributed by atoms with Gasteiger partial charge < -0.3 is 11.5 Å². The van der Waals surface area contributed by atoms with Crippen LogP contribution in [0.2, 0.25) is 0 Å². The summed E-state index contributed by atoms with van der Waals surface area (Å²) in [4.78, 5) is 22.4. The van der Waals surface area contributed by atoms with E-state index in [2.05, 4.69) is 0 Å². The molecule has 0 heterocycles. The minimum Gasteiger partial charge on any atom is -0.366 e. The Balaban J connectivity index is 2.38. The van der Waals surface area contributed by atoms with Crippen molar-refractivity contribution < 1.29 is 9.59 Å². The summed E-state index contributed by atoms with van der Waals surface area (Å²) in [6, 6.07) is 14.3. The standard InChI is InChI=1S/C16H16N2O2/c1-10(11-4-2-6-13(8-11)15(17)19)12-5-3-7-14(9-12)16(18)20/h2-10H,1H3,(H2,17,19)(H2,18,20). The molecule has 4 N–H and O–H groups in total. The Kier molecular flexibility index (Phi) is 3.84. The molecule has 0 aliphatic heterocycles. The molecule has 0 radical (unpaired) electrons. The van der Waals surface area contributed by atoms with E-state index in [1.54, 1.807) is 36.4 Å². The molecule has 0 spiro atoms. The van der Waals surface area contributed by atoms with Crippen LogP contribution in [-0.2, 0) is 0 Å². The Labute approximate surface area is 117 Å². The smallest absolute Gasteiger partial charge is 0.248 e. The zero-order valence-electron chi connectivity index (χ0n) is 11.2. The lowest BCUT2D eigenvalue weighted by molar-refractivity contribution is 0.0992. The molecule has 0 fully saturated rings. The van der Waals surface area contributed by atoms with Crippen molar-refractivity contribution in [1.29, 1.82) is 0 Å². The number of nitrogens with two attached hydrogens (primary N) is 2. The number of amides is 2. The Hall–Kier alpha value is -2.62. The van der Waals surface area contributed by atoms with E-state index in [9.17, 15) is 9.59 Å². The number of hydrogen-bond acceptors (Lipinski definition) is 2. The van der Waals surface area contributed by atoms with Crippen LogP contribution in [0.5, 0.6) is 0 Å². The Morgan fingerprint density at radius 2 is 1.25 bits per heavy atom. The highest BCUT2D eigenvalue weighted by atomic mass is 16.1. The van der Waals surface area contributed by atoms with Gasteiger partial charge in [-0.2, -0.15) is 0 Å². The second kappa shape index (κ2) is 5.57. The van der Waals surface area contributed by atoms with E-state index < -0.39 is 11.8 Å². The van der Waals surface area contributed by atoms with E-state index in [1.807, 2.05) is 19.1 Å². The Morgan fingerprint density at radius 1 is 0.850 bits per heavy atom. The average molecular weight is 268 g/mol. The fraction of sp³-hybridized carbons (Fsp3) is 0.125. The molecule has 2 aromatic rings. The van der Waals surface area contributed by atoms with Gasteiger partial charge in [-0.25, -0.2) is 0 Å². The molecule has 20 heavy (non-hydrogen) atoms. The summed E-state index contributed by atoms with van der Waals surface area (Å²) < 4.78 is 0. The number of carbonyl (C=O) groups is 2. The first-order chi connectivity index (χ1) is 9.49. The number of hydrogen-bond donors (Lipinski definition) is 2. The fourth-order valence-corrected chi connectivity index (χ4v) is 2.12. The summed E-state index contributed by atoms with van der Waals surface area (Å²) in [5, 5.41) is 0. The fourth-order valence-electron chi connectivity index (χ4n) is 2.12. The van der Waals surface area contributed by atoms with Crippen molar-refractivity contribution in [2.75, 3.05) is 0 Å². The van der Waals surface area contributed by atoms with Crippen molar-refractivity contribution >= 4 is 11.8 Å². The number of primary amides is 2. The Bertz CT molecular complexity index is 608. The molecule has 0 aliphatic carbocycles. The Morgan fingerprint density at radius 3 is 1.60 bits per heavy atom. The van der Waals surface area contributed by atoms with Crippen LogP contribution in [0.15, 0.2) is 48.5 Å². The van der Waals surface area contributed by atoms with Crippen molar-refractivity contribution in [3.05, 3.63) is 70.8 Å². The minimum atomic E-state index is -0.454. The molecule has 4 heteroatoms. The number of benzene rings is 2. The van der Waals surface area contributed by atoms with E-state index in [-0.39, 0.29) is 5.92 Å². The molecule has 102 valence electrons. The van der Waals surface area contributed by atoms with Gasteiger partial charge in [-0.05, 0) is 35.4 Å². The molecule has 2 aromatic carbocycles. The summed E-state index contributed by atoms with van der Waals surface area (Å²) in [6.45, 7) is 2.00. The maximum absolute atomic E-state index is 11.2. The highest BCUT2D eigenvalue weighted by Crippen LogP contribution is 2.25. The second-order valence-electron chi connectivity index (χ2n) is 4.70. The van der Waals surface area contributed by atoms with Crippen LogP contribution in [0.1, 0.15) is 44.7 Å². The normalized spacial score (nSPS) is 10.5. The SMILES string of the molecule is CC(c1cccc(C(N)=O)c1)c1cccc(C(N)=O)c1. The molecule has 2 rings (SSSR count). The van der Waals surface area contributed by atoms with E-state index in [1.165, 1.54) is 0 Å². The predicted molar refractivity (Wildman–Crippen MR) is 77.4 cm³/mol. The number of carbonyl (C=O) groups excluding carboxylic acids is 2. The molecule has 0 saturated heterocycles. The lowest BCUT2D eigenvalue weighted by Crippen LogP contribution is -2.12. The maximum atomic E-state index is 11.2. The second-order valence-corrected chi connectivity index (χ2v) is 4.70. The monoisotopic (exact) mass is 268 g/mol. The van der Waals surface area contributed by atoms with Gasteiger partial charge in [0.05, 0.1) is 0 Å². The van der Waals surface area contributed by atoms with Gasteiger partial charge in [-0.15, -0.1) is 0 Å². The third-order valence-electron chi connectivity index (χ3n) is 3.34. The van der Waals surface area contributed by atoms with Gasteiger partial charge in [0.1, 0.15) is 0 Å². The largest absolute Gasteiger partial charge is 0.366 e. The van der Waals surface area contributed by atoms with Crippen LogP contribution in [0.3, 0.4) is 0 Å². The lowest BCUT2D eigenvalue weighted by atomic mass is 9.91. The van der Waals surface area contributed by atoms with Gasteiger partial charge in [0.15, 0.2) is 0 Å². The van der Waals surface area contributed by atoms with E-state index in [0.29, 0.717) is 11.1 Å². The number of rotatable bonds is 4. The van der Waals surface area contributed by atoms with Gasteiger partial charge in [0.2, 0.25) is 11.8 Å². The van der Waals surface area contributed by atoms with Crippen molar-refractivity contribution in [2.24, 2.45) is 11.5 Å². The third-order valence-corrected chi connectivity index (χ3v) is 3.34. The van der Waals surface area contributed by atoms with Crippen LogP contribution in [0, 0.1) is 0 Å². The molecular formula is C16H16N2O2. The first-order valence-corrected chi connectivity index (χ1v) is 6.28. The van der Waals surface area contributed by atoms with Crippen molar-refractivity contribution in [2.45, 2.75) is 12.8 Å². The summed E-state index contributed by atoms with van der Waals surface area (Å²) >= 11 is 0. The van der Waals surface area contributed by atoms with Crippen molar-refractivity contribution in [3.63, 3.8) is 0 Å². The van der Waals surface area contributed by atoms with Crippen LogP contribution in [0.4, 0.5) is 0 Å². The van der Waals surface area contributed by atoms with Gasteiger partial charge in [-0.3, -0.25) is 9.59 Å². The molecule has 0 unspecified atom stereocenters. The van der Waals surface area contributed by atoms with Crippen molar-refractivity contribution in [1.82, 2.24) is 0 Å². The van der Waals surface area contributed by atoms with Gasteiger partial charge in [0, 0.05) is 17.0 Å². The van der Waals surface area contributed by atoms with Gasteiger partial charge in [-0.1, -0.05) is 31.2 Å². The zero-order chi connectivity index (χ0) is 14.7. The quantitative estimate of drug-likeness (QED) is 0.889. The van der Waals surface area contributed by atoms with E-state index in [4.69, 9.17) is 11.5 Å². The van der Waals surface area contributed by atoms with Crippen molar-refractivity contribution in [3.8, 4) is 0 Å². The third kappa shape index (κ3) is 2.85. The summed E-state index contributed by atoms with van der Waals surface area (Å²) in [5.41, 5.74) is 13.4. The summed E-state index contributed by atoms with van der Waals surface area (Å²) in [6.07, 6.45) is 0. The molecule has 2 amide bonds. The van der Waals surface area contributed by atoms with Gasteiger partial charge >= 0.3 is 0 Å². The summed E-state index contributed by atoms with van der Waals surface area (Å²) in [5.74, 6) is -0.872. The van der Waals surface area contributed by atoms with Crippen LogP contribution >= 0.6 is 0 Å². The highest BCUT2D eigenvalue weighted by molar-refractivity contribution is 5.93. The molecule has 0 bridgehead atoms. The molecule has 0 aromatic heterocycles. The van der Waals surface area contributed by atoms with Crippen LogP contribution < -0.4 is 11.5 Å². The first kappa shape index (κ1) is 13.8. The summed E-state index contributed by atoms with van der Waals surface area (Å²) in [7, 11) is 0. The van der Waals surface area contributed by atoms with E-state index in [0.717, 1.165) is 11.1 Å². The minimum absolute atomic E-state index is 0.0357. The maximum Gasteiger partial charge on any atom is 0.248 e. The van der Waals surface area contributed by atoms with Crippen LogP contribution in [-0.4, -0.2) is 11.8 Å². The molecular weight excluding hydrogens is 252 g/mol. The molecule has 0 atom stereocenters. The van der Waals surface area contributed by atoms with E-state index >= 15 is 0 Å². The lowest BCUT2D eigenvalue weighted by Gasteiger charge is -2.14. The molecule has 0 saturated carbocycles.